The van der Waals surface area contributed by atoms with Crippen LogP contribution in [-0.4, -0.2) is 96.4 Å². The molecular formula is C24H3F34KO5S. The van der Waals surface area contributed by atoms with Crippen molar-refractivity contribution in [2.75, 3.05) is 0 Å². The molecule has 0 heterocycles. The molecule has 0 aliphatic rings. The van der Waals surface area contributed by atoms with Gasteiger partial charge in [0.1, 0.15) is 15.0 Å². The predicted octanol–water partition coefficient (Wildman–Crippen LogP) is 9.32. The predicted molar refractivity (Wildman–Crippen MR) is 126 cm³/mol. The van der Waals surface area contributed by atoms with Gasteiger partial charge < -0.3 is 14.0 Å². The summed E-state index contributed by atoms with van der Waals surface area (Å²) in [6.07, 6.45) is -16.4. The SMILES string of the molecule is O=S(=O)([O-])c1cccc(OC(F)=C(F)C(F)(F)C(F)(F)C(F)(F)C(F)(F)C(F)(F)C(F)(F)C(F)(F)F)c1OC(F)=C(F)C(F)(F)C(F)(F)C(F)(F)C(F)(F)C(F)(F)C(F)(F)C(F)(F)F.[K+]. The molecule has 0 saturated heterocycles. The van der Waals surface area contributed by atoms with Crippen molar-refractivity contribution < 1.29 is 223 Å². The van der Waals surface area contributed by atoms with Gasteiger partial charge in [0.15, 0.2) is 11.5 Å². The summed E-state index contributed by atoms with van der Waals surface area (Å²) in [5, 5.41) is 0. The minimum Gasteiger partial charge on any atom is -0.744 e. The Morgan fingerprint density at radius 2 is 0.646 bits per heavy atom. The number of benzene rings is 1. The summed E-state index contributed by atoms with van der Waals surface area (Å²) < 4.78 is 498. The van der Waals surface area contributed by atoms with Gasteiger partial charge in [-0.2, -0.15) is 149 Å². The van der Waals surface area contributed by atoms with Crippen molar-refractivity contribution in [1.29, 1.82) is 0 Å². The molecular weight excluding hydrogens is 1090 g/mol. The number of rotatable bonds is 17. The van der Waals surface area contributed by atoms with E-state index in [-0.39, 0.29) is 51.4 Å². The van der Waals surface area contributed by atoms with Gasteiger partial charge in [-0.25, -0.2) is 8.42 Å². The fourth-order valence-electron chi connectivity index (χ4n) is 3.61. The number of alkyl halides is 30. The summed E-state index contributed by atoms with van der Waals surface area (Å²) in [5.41, 5.74) is 0. The van der Waals surface area contributed by atoms with Crippen LogP contribution in [0.2, 0.25) is 0 Å². The van der Waals surface area contributed by atoms with Crippen LogP contribution in [0.3, 0.4) is 0 Å². The first-order valence-corrected chi connectivity index (χ1v) is 15.1. The van der Waals surface area contributed by atoms with Crippen LogP contribution < -0.4 is 60.9 Å². The first-order valence-electron chi connectivity index (χ1n) is 13.7. The maximum atomic E-state index is 14.4. The summed E-state index contributed by atoms with van der Waals surface area (Å²) in [5.74, 6) is -125. The van der Waals surface area contributed by atoms with E-state index < -0.39 is 152 Å². The molecule has 1 aromatic carbocycles. The van der Waals surface area contributed by atoms with E-state index in [1.807, 2.05) is 0 Å². The fourth-order valence-corrected chi connectivity index (χ4v) is 4.22. The van der Waals surface area contributed by atoms with E-state index in [0.29, 0.717) is 0 Å². The van der Waals surface area contributed by atoms with Gasteiger partial charge in [0.25, 0.3) is 0 Å². The molecule has 0 saturated carbocycles. The molecule has 5 nitrogen and oxygen atoms in total. The van der Waals surface area contributed by atoms with Crippen LogP contribution in [0.15, 0.2) is 46.8 Å². The summed E-state index contributed by atoms with van der Waals surface area (Å²) >= 11 is 0. The Balaban J connectivity index is 0.0000410. The number of hydrogen-bond acceptors (Lipinski definition) is 5. The molecule has 0 radical (unpaired) electrons. The summed E-state index contributed by atoms with van der Waals surface area (Å²) in [7, 11) is -6.92. The zero-order chi connectivity index (χ0) is 52.1. The Hall–Kier alpha value is -2.53. The van der Waals surface area contributed by atoms with Crippen LogP contribution in [-0.2, 0) is 10.1 Å². The van der Waals surface area contributed by atoms with Gasteiger partial charge in [0, 0.05) is 0 Å². The fraction of sp³-hybridized carbons (Fsp3) is 0.583. The van der Waals surface area contributed by atoms with Crippen molar-refractivity contribution in [3.05, 3.63) is 41.9 Å². The molecule has 0 aromatic heterocycles. The minimum absolute atomic E-state index is 0. The average Bonchev–Trinajstić information content (AvgIpc) is 3.08. The number of ether oxygens (including phenoxy) is 2. The molecule has 0 atom stereocenters. The van der Waals surface area contributed by atoms with E-state index in [1.54, 1.807) is 0 Å². The number of para-hydroxylation sites is 1. The van der Waals surface area contributed by atoms with Crippen molar-refractivity contribution in [3.63, 3.8) is 0 Å². The third kappa shape index (κ3) is 9.23. The van der Waals surface area contributed by atoms with E-state index in [2.05, 4.69) is 9.47 Å². The van der Waals surface area contributed by atoms with Crippen molar-refractivity contribution >= 4 is 10.1 Å². The molecule has 0 aliphatic heterocycles. The topological polar surface area (TPSA) is 75.7 Å². The number of allylic oxidation sites excluding steroid dienone is 2. The summed E-state index contributed by atoms with van der Waals surface area (Å²) in [4.78, 5) is -2.93. The second-order valence-corrected chi connectivity index (χ2v) is 12.7. The van der Waals surface area contributed by atoms with Crippen LogP contribution in [0, 0.1) is 0 Å². The number of halogens is 34. The Kier molecular flexibility index (Phi) is 16.8. The number of hydrogen-bond donors (Lipinski definition) is 0. The first-order chi connectivity index (χ1) is 27.5. The largest absolute Gasteiger partial charge is 1.00 e. The quantitative estimate of drug-likeness (QED) is 0.0674. The van der Waals surface area contributed by atoms with Crippen molar-refractivity contribution in [1.82, 2.24) is 0 Å². The van der Waals surface area contributed by atoms with E-state index in [1.165, 1.54) is 0 Å². The Morgan fingerprint density at radius 1 is 0.400 bits per heavy atom. The van der Waals surface area contributed by atoms with Gasteiger partial charge in [-0.15, -0.1) is 0 Å². The zero-order valence-electron chi connectivity index (χ0n) is 28.5. The summed E-state index contributed by atoms with van der Waals surface area (Å²) in [6, 6.07) is -11.4. The Morgan fingerprint density at radius 3 is 0.908 bits per heavy atom. The molecule has 374 valence electrons. The molecule has 0 amide bonds. The Bertz CT molecular complexity index is 2100. The van der Waals surface area contributed by atoms with E-state index >= 15 is 0 Å². The molecule has 0 bridgehead atoms. The molecule has 1 aromatic rings. The molecule has 41 heteroatoms. The molecule has 0 fully saturated rings. The molecule has 0 aliphatic carbocycles. The maximum Gasteiger partial charge on any atom is 1.00 e. The van der Waals surface area contributed by atoms with Crippen LogP contribution >= 0.6 is 0 Å². The van der Waals surface area contributed by atoms with Gasteiger partial charge in [-0.05, 0) is 12.1 Å². The standard InChI is InChI=1S/C24H4F34O5S.K/c25-7(11(29,30)13(33,34)15(37,38)17(41,42)19(45,46)21(49,50)23(53,54)55)9(27)62-4-2-1-3-5(64(59,60)61)6(4)63-10(28)8(26)12(31,32)14(35,36)16(39,40)18(43,44)20(47,48)22(51,52)24(56,57)58;/h1-3H,(H,59,60,61);/q;+1/p-1. The maximum absolute atomic E-state index is 14.4. The third-order valence-corrected chi connectivity index (χ3v) is 8.02. The van der Waals surface area contributed by atoms with Crippen LogP contribution in [0.25, 0.3) is 0 Å². The Labute approximate surface area is 373 Å². The second kappa shape index (κ2) is 17.5. The monoisotopic (exact) mass is 1090 g/mol. The second-order valence-electron chi connectivity index (χ2n) is 11.3. The summed E-state index contributed by atoms with van der Waals surface area (Å²) in [6.45, 7) is 0. The van der Waals surface area contributed by atoms with Gasteiger partial charge >= 0.3 is 147 Å². The molecule has 0 spiro atoms. The van der Waals surface area contributed by atoms with E-state index in [9.17, 15) is 162 Å². The van der Waals surface area contributed by atoms with Crippen molar-refractivity contribution in [2.24, 2.45) is 0 Å². The molecule has 0 N–H and O–H groups in total. The smallest absolute Gasteiger partial charge is 0.744 e. The van der Waals surface area contributed by atoms with Gasteiger partial charge in [0.05, 0.1) is 0 Å². The van der Waals surface area contributed by atoms with Gasteiger partial charge in [-0.1, -0.05) is 6.07 Å². The third-order valence-electron chi connectivity index (χ3n) is 7.16. The van der Waals surface area contributed by atoms with Gasteiger partial charge in [0.2, 0.25) is 11.7 Å². The van der Waals surface area contributed by atoms with Crippen LogP contribution in [0.4, 0.5) is 149 Å². The van der Waals surface area contributed by atoms with Crippen molar-refractivity contribution in [2.45, 2.75) is 88.3 Å². The molecule has 1 rings (SSSR count). The average molecular weight is 1090 g/mol. The first kappa shape index (κ1) is 62.5. The van der Waals surface area contributed by atoms with Gasteiger partial charge in [-0.3, -0.25) is 0 Å². The minimum atomic E-state index is -9.24. The van der Waals surface area contributed by atoms with Crippen molar-refractivity contribution in [3.8, 4) is 11.5 Å². The molecule has 0 unspecified atom stereocenters. The molecule has 65 heavy (non-hydrogen) atoms. The van der Waals surface area contributed by atoms with Crippen LogP contribution in [0.5, 0.6) is 11.5 Å². The zero-order valence-corrected chi connectivity index (χ0v) is 32.5. The normalized spacial score (nSPS) is 16.4. The van der Waals surface area contributed by atoms with Crippen LogP contribution in [0.1, 0.15) is 0 Å². The van der Waals surface area contributed by atoms with E-state index in [4.69, 9.17) is 0 Å². The van der Waals surface area contributed by atoms with E-state index in [0.717, 1.165) is 0 Å².